The van der Waals surface area contributed by atoms with Crippen molar-refractivity contribution in [2.45, 2.75) is 34.1 Å². The molecule has 0 aromatic heterocycles. The van der Waals surface area contributed by atoms with Gasteiger partial charge in [-0.25, -0.2) is 4.79 Å². The zero-order valence-corrected chi connectivity index (χ0v) is 23.0. The minimum Gasteiger partial charge on any atom is -0.478 e. The van der Waals surface area contributed by atoms with Crippen molar-refractivity contribution in [1.82, 2.24) is 5.32 Å². The molecule has 40 heavy (non-hydrogen) atoms. The molecule has 3 N–H and O–H groups in total. The van der Waals surface area contributed by atoms with Gasteiger partial charge in [-0.2, -0.15) is 0 Å². The van der Waals surface area contributed by atoms with Gasteiger partial charge in [0.25, 0.3) is 5.91 Å². The summed E-state index contributed by atoms with van der Waals surface area (Å²) in [6, 6.07) is 12.3. The van der Waals surface area contributed by atoms with Crippen molar-refractivity contribution in [2.75, 3.05) is 31.5 Å². The maximum Gasteiger partial charge on any atom is 0.336 e. The van der Waals surface area contributed by atoms with Gasteiger partial charge in [0.15, 0.2) is 0 Å². The molecule has 2 aromatic carbocycles. The Kier molecular flexibility index (Phi) is 8.71. The molecule has 1 aliphatic heterocycles. The van der Waals surface area contributed by atoms with Crippen LogP contribution in [-0.4, -0.2) is 43.2 Å². The maximum absolute atomic E-state index is 13.0. The first-order valence-electron chi connectivity index (χ1n) is 13.2. The van der Waals surface area contributed by atoms with Crippen LogP contribution in [0.2, 0.25) is 0 Å². The first-order valence-corrected chi connectivity index (χ1v) is 13.2. The number of nitrogens with zero attached hydrogens (tertiary/aromatic N) is 4. The standard InChI is InChI=1S/C30H32N6O4/c1-5-32-24-15-26-22(12-17(24)3)28(23-13-18(4)25(33-6-2)16-27(23)40-26)21-14-19(8-9-20(21)30(38)39)29(37)34-10-7-11-35-36-31/h8-9,12-16,32H,5-7,10-11H2,1-4H3,(H,34,37)(H,38,39). The minimum absolute atomic E-state index is 0.0714. The van der Waals surface area contributed by atoms with E-state index >= 15 is 0 Å². The Morgan fingerprint density at radius 1 is 1.05 bits per heavy atom. The van der Waals surface area contributed by atoms with Crippen LogP contribution in [0.5, 0.6) is 0 Å². The highest BCUT2D eigenvalue weighted by Gasteiger charge is 2.24. The van der Waals surface area contributed by atoms with E-state index in [0.29, 0.717) is 47.5 Å². The third-order valence-corrected chi connectivity index (χ3v) is 6.64. The van der Waals surface area contributed by atoms with Crippen LogP contribution in [0.15, 0.2) is 57.0 Å². The van der Waals surface area contributed by atoms with Crippen molar-refractivity contribution in [3.63, 3.8) is 0 Å². The summed E-state index contributed by atoms with van der Waals surface area (Å²) < 4.78 is 6.39. The number of rotatable bonds is 10. The molecule has 0 saturated carbocycles. The van der Waals surface area contributed by atoms with Crippen molar-refractivity contribution in [2.24, 2.45) is 10.1 Å². The average molecular weight is 541 g/mol. The number of carbonyl (C=O) groups is 2. The Hall–Kier alpha value is -4.82. The van der Waals surface area contributed by atoms with Crippen LogP contribution in [0.4, 0.5) is 5.69 Å². The first kappa shape index (κ1) is 28.2. The summed E-state index contributed by atoms with van der Waals surface area (Å²) in [7, 11) is 0. The van der Waals surface area contributed by atoms with Crippen LogP contribution in [0.1, 0.15) is 52.1 Å². The largest absolute Gasteiger partial charge is 0.478 e. The molecular weight excluding hydrogens is 508 g/mol. The van der Waals surface area contributed by atoms with Gasteiger partial charge in [-0.15, -0.1) is 0 Å². The summed E-state index contributed by atoms with van der Waals surface area (Å²) in [6.07, 6.45) is 0.489. The fourth-order valence-corrected chi connectivity index (χ4v) is 4.78. The molecule has 1 amide bonds. The van der Waals surface area contributed by atoms with Gasteiger partial charge < -0.3 is 20.2 Å². The summed E-state index contributed by atoms with van der Waals surface area (Å²) >= 11 is 0. The fraction of sp³-hybridized carbons (Fsp3) is 0.300. The molecular formula is C30H32N6O4. The second-order valence-corrected chi connectivity index (χ2v) is 9.41. The van der Waals surface area contributed by atoms with Crippen molar-refractivity contribution >= 4 is 28.5 Å². The number of benzene rings is 3. The summed E-state index contributed by atoms with van der Waals surface area (Å²) in [5, 5.41) is 21.4. The summed E-state index contributed by atoms with van der Waals surface area (Å²) in [6.45, 7) is 9.85. The second-order valence-electron chi connectivity index (χ2n) is 9.41. The maximum atomic E-state index is 13.0. The van der Waals surface area contributed by atoms with E-state index in [0.717, 1.165) is 39.7 Å². The highest BCUT2D eigenvalue weighted by atomic mass is 16.4. The number of fused-ring (bicyclic) bond motifs is 2. The summed E-state index contributed by atoms with van der Waals surface area (Å²) in [5.41, 5.74) is 14.0. The monoisotopic (exact) mass is 540 g/mol. The molecule has 1 aliphatic carbocycles. The predicted molar refractivity (Wildman–Crippen MR) is 156 cm³/mol. The van der Waals surface area contributed by atoms with Gasteiger partial charge in [-0.3, -0.25) is 9.79 Å². The molecule has 0 saturated heterocycles. The quantitative estimate of drug-likeness (QED) is 0.0708. The fourth-order valence-electron chi connectivity index (χ4n) is 4.78. The van der Waals surface area contributed by atoms with Gasteiger partial charge in [0.2, 0.25) is 0 Å². The zero-order chi connectivity index (χ0) is 28.8. The lowest BCUT2D eigenvalue weighted by molar-refractivity contribution is 0.0697. The van der Waals surface area contributed by atoms with Gasteiger partial charge in [0.05, 0.1) is 10.9 Å². The van der Waals surface area contributed by atoms with E-state index in [9.17, 15) is 14.7 Å². The van der Waals surface area contributed by atoms with Gasteiger partial charge in [-0.1, -0.05) is 5.11 Å². The number of aromatic carboxylic acids is 1. The molecule has 2 aromatic rings. The molecule has 4 rings (SSSR count). The van der Waals surface area contributed by atoms with E-state index in [1.807, 2.05) is 52.0 Å². The summed E-state index contributed by atoms with van der Waals surface area (Å²) in [5.74, 6) is -0.885. The number of amides is 1. The van der Waals surface area contributed by atoms with E-state index in [-0.39, 0.29) is 18.0 Å². The van der Waals surface area contributed by atoms with Crippen molar-refractivity contribution in [3.8, 4) is 22.5 Å². The van der Waals surface area contributed by atoms with Crippen LogP contribution >= 0.6 is 0 Å². The predicted octanol–water partition coefficient (Wildman–Crippen LogP) is 6.30. The molecule has 10 heteroatoms. The smallest absolute Gasteiger partial charge is 0.336 e. The SMILES string of the molecule is CCN=c1cc2oc3cc(NCC)c(C)cc3c(-c3cc(C(=O)NCCCN=[N+]=[N-])ccc3C(=O)O)c-2cc1C. The van der Waals surface area contributed by atoms with Crippen molar-refractivity contribution in [3.05, 3.63) is 80.5 Å². The Labute approximate surface area is 231 Å². The van der Waals surface area contributed by atoms with Gasteiger partial charge >= 0.3 is 5.97 Å². The molecule has 0 atom stereocenters. The molecule has 1 heterocycles. The Balaban J connectivity index is 2.01. The lowest BCUT2D eigenvalue weighted by Crippen LogP contribution is -2.25. The topological polar surface area (TPSA) is 153 Å². The average Bonchev–Trinajstić information content (AvgIpc) is 2.93. The van der Waals surface area contributed by atoms with Gasteiger partial charge in [-0.05, 0) is 86.7 Å². The molecule has 0 spiro atoms. The molecule has 206 valence electrons. The number of nitrogens with one attached hydrogen (secondary N) is 2. The highest BCUT2D eigenvalue weighted by molar-refractivity contribution is 6.09. The number of carboxylic acids is 1. The number of anilines is 1. The van der Waals surface area contributed by atoms with E-state index in [4.69, 9.17) is 9.95 Å². The molecule has 10 nitrogen and oxygen atoms in total. The number of hydrogen-bond donors (Lipinski definition) is 3. The lowest BCUT2D eigenvalue weighted by atomic mass is 9.88. The van der Waals surface area contributed by atoms with Gasteiger partial charge in [0, 0.05) is 71.0 Å². The van der Waals surface area contributed by atoms with E-state index < -0.39 is 5.97 Å². The van der Waals surface area contributed by atoms with E-state index in [1.165, 1.54) is 12.1 Å². The second kappa shape index (κ2) is 12.4. The Morgan fingerprint density at radius 2 is 1.85 bits per heavy atom. The molecule has 0 radical (unpaired) electrons. The highest BCUT2D eigenvalue weighted by Crippen LogP contribution is 2.43. The Bertz CT molecular complexity index is 1680. The number of hydrogen-bond acceptors (Lipinski definition) is 6. The molecule has 0 unspecified atom stereocenters. The van der Waals surface area contributed by atoms with E-state index in [2.05, 4.69) is 25.7 Å². The minimum atomic E-state index is -1.10. The Morgan fingerprint density at radius 3 is 2.55 bits per heavy atom. The van der Waals surface area contributed by atoms with Crippen LogP contribution in [0.25, 0.3) is 43.9 Å². The number of carboxylic acid groups (broad SMARTS) is 1. The summed E-state index contributed by atoms with van der Waals surface area (Å²) in [4.78, 5) is 32.8. The normalized spacial score (nSPS) is 11.4. The number of azide groups is 1. The number of carbonyl (C=O) groups excluding carboxylic acids is 1. The lowest BCUT2D eigenvalue weighted by Gasteiger charge is -2.20. The third-order valence-electron chi connectivity index (χ3n) is 6.64. The molecule has 2 aliphatic rings. The third kappa shape index (κ3) is 5.77. The first-order chi connectivity index (χ1) is 19.3. The van der Waals surface area contributed by atoms with E-state index in [1.54, 1.807) is 6.07 Å². The van der Waals surface area contributed by atoms with Crippen molar-refractivity contribution < 1.29 is 19.1 Å². The number of aryl methyl sites for hydroxylation is 2. The molecule has 0 fully saturated rings. The van der Waals surface area contributed by atoms with Crippen LogP contribution in [0, 0.1) is 13.8 Å². The van der Waals surface area contributed by atoms with Crippen molar-refractivity contribution in [1.29, 1.82) is 0 Å². The van der Waals surface area contributed by atoms with Crippen LogP contribution < -0.4 is 16.0 Å². The van der Waals surface area contributed by atoms with Gasteiger partial charge in [0.1, 0.15) is 11.3 Å². The van der Waals surface area contributed by atoms with Crippen LogP contribution in [0.3, 0.4) is 0 Å². The van der Waals surface area contributed by atoms with Crippen LogP contribution in [-0.2, 0) is 0 Å². The molecule has 0 bridgehead atoms. The zero-order valence-electron chi connectivity index (χ0n) is 23.0.